The molecule has 3 heteroatoms. The summed E-state index contributed by atoms with van der Waals surface area (Å²) in [6, 6.07) is 0. The molecule has 0 aromatic heterocycles. The van der Waals surface area contributed by atoms with Crippen LogP contribution in [0.3, 0.4) is 0 Å². The highest BCUT2D eigenvalue weighted by atomic mass is 19.3. The number of hydrogen-bond donors (Lipinski definition) is 1. The van der Waals surface area contributed by atoms with Gasteiger partial charge in [-0.15, -0.1) is 0 Å². The van der Waals surface area contributed by atoms with Gasteiger partial charge in [-0.1, -0.05) is 32.9 Å². The first-order valence-corrected chi connectivity index (χ1v) is 4.95. The Morgan fingerprint density at radius 1 is 1.43 bits per heavy atom. The molecule has 0 amide bonds. The average Bonchev–Trinajstić information content (AvgIpc) is 2.03. The van der Waals surface area contributed by atoms with E-state index in [1.165, 1.54) is 6.08 Å². The van der Waals surface area contributed by atoms with Crippen LogP contribution >= 0.6 is 0 Å². The van der Waals surface area contributed by atoms with E-state index in [-0.39, 0.29) is 17.8 Å². The molecule has 0 heterocycles. The lowest BCUT2D eigenvalue weighted by molar-refractivity contribution is -0.0749. The fraction of sp³-hybridized carbons (Fsp3) is 0.818. The molecule has 0 spiro atoms. The van der Waals surface area contributed by atoms with Gasteiger partial charge >= 0.3 is 0 Å². The molecule has 1 aliphatic rings. The van der Waals surface area contributed by atoms with Gasteiger partial charge in [0, 0.05) is 0 Å². The predicted octanol–water partition coefficient (Wildman–Crippen LogP) is 2.99. The average molecular weight is 204 g/mol. The lowest BCUT2D eigenvalue weighted by atomic mass is 9.72. The third-order valence-corrected chi connectivity index (χ3v) is 2.96. The minimum absolute atomic E-state index is 0.0833. The fourth-order valence-corrected chi connectivity index (χ4v) is 1.75. The summed E-state index contributed by atoms with van der Waals surface area (Å²) in [5.74, 6) is 0.279. The van der Waals surface area contributed by atoms with Gasteiger partial charge in [0.25, 0.3) is 6.43 Å². The van der Waals surface area contributed by atoms with Gasteiger partial charge in [-0.3, -0.25) is 0 Å². The van der Waals surface area contributed by atoms with Crippen LogP contribution < -0.4 is 0 Å². The summed E-state index contributed by atoms with van der Waals surface area (Å²) in [5, 5.41) is 9.50. The van der Waals surface area contributed by atoms with Crippen LogP contribution in [0.1, 0.15) is 33.6 Å². The van der Waals surface area contributed by atoms with Crippen LogP contribution in [0.4, 0.5) is 8.78 Å². The Morgan fingerprint density at radius 3 is 2.29 bits per heavy atom. The first kappa shape index (κ1) is 11.6. The van der Waals surface area contributed by atoms with E-state index in [4.69, 9.17) is 0 Å². The minimum atomic E-state index is -2.68. The second kappa shape index (κ2) is 3.61. The molecule has 1 N–H and O–H groups in total. The number of alkyl halides is 2. The summed E-state index contributed by atoms with van der Waals surface area (Å²) < 4.78 is 24.9. The minimum Gasteiger partial charge on any atom is -0.380 e. The van der Waals surface area contributed by atoms with Crippen molar-refractivity contribution < 1.29 is 13.9 Å². The first-order valence-electron chi connectivity index (χ1n) is 4.95. The van der Waals surface area contributed by atoms with Crippen molar-refractivity contribution in [2.45, 2.75) is 45.6 Å². The van der Waals surface area contributed by atoms with Gasteiger partial charge in [0.15, 0.2) is 0 Å². The lowest BCUT2D eigenvalue weighted by Crippen LogP contribution is -2.39. The van der Waals surface area contributed by atoms with Gasteiger partial charge in [0.1, 0.15) is 5.60 Å². The van der Waals surface area contributed by atoms with Gasteiger partial charge in [0.05, 0.1) is 0 Å². The SMILES string of the molecule is CC(C)(C)C1C=CC(O)(C(F)F)CC1. The number of hydrogen-bond acceptors (Lipinski definition) is 1. The topological polar surface area (TPSA) is 20.2 Å². The highest BCUT2D eigenvalue weighted by molar-refractivity contribution is 5.11. The largest absolute Gasteiger partial charge is 0.380 e. The van der Waals surface area contributed by atoms with E-state index >= 15 is 0 Å². The smallest absolute Gasteiger partial charge is 0.270 e. The van der Waals surface area contributed by atoms with Crippen LogP contribution in [-0.2, 0) is 0 Å². The van der Waals surface area contributed by atoms with Crippen LogP contribution in [0, 0.1) is 11.3 Å². The number of allylic oxidation sites excluding steroid dienone is 1. The van der Waals surface area contributed by atoms with Gasteiger partial charge in [-0.05, 0) is 24.2 Å². The van der Waals surface area contributed by atoms with Crippen molar-refractivity contribution in [1.29, 1.82) is 0 Å². The maximum atomic E-state index is 12.4. The molecule has 2 unspecified atom stereocenters. The maximum absolute atomic E-state index is 12.4. The third kappa shape index (κ3) is 2.32. The zero-order valence-corrected chi connectivity index (χ0v) is 8.93. The van der Waals surface area contributed by atoms with Gasteiger partial charge in [0.2, 0.25) is 0 Å². The first-order chi connectivity index (χ1) is 6.26. The molecule has 0 saturated heterocycles. The molecule has 14 heavy (non-hydrogen) atoms. The zero-order chi connectivity index (χ0) is 11.0. The monoisotopic (exact) mass is 204 g/mol. The molecular formula is C11H18F2O. The molecule has 0 bridgehead atoms. The van der Waals surface area contributed by atoms with Crippen LogP contribution in [0.15, 0.2) is 12.2 Å². The molecule has 1 rings (SSSR count). The van der Waals surface area contributed by atoms with E-state index in [9.17, 15) is 13.9 Å². The van der Waals surface area contributed by atoms with Crippen molar-refractivity contribution in [1.82, 2.24) is 0 Å². The van der Waals surface area contributed by atoms with Crippen molar-refractivity contribution in [3.8, 4) is 0 Å². The Bertz CT molecular complexity index is 230. The van der Waals surface area contributed by atoms with Crippen LogP contribution in [0.5, 0.6) is 0 Å². The summed E-state index contributed by atoms with van der Waals surface area (Å²) in [6.45, 7) is 6.23. The molecule has 0 aromatic carbocycles. The molecule has 82 valence electrons. The van der Waals surface area contributed by atoms with E-state index < -0.39 is 12.0 Å². The van der Waals surface area contributed by atoms with Crippen molar-refractivity contribution in [2.75, 3.05) is 0 Å². The predicted molar refractivity (Wildman–Crippen MR) is 52.3 cm³/mol. The van der Waals surface area contributed by atoms with Crippen molar-refractivity contribution in [3.05, 3.63) is 12.2 Å². The van der Waals surface area contributed by atoms with E-state index in [2.05, 4.69) is 20.8 Å². The van der Waals surface area contributed by atoms with Gasteiger partial charge < -0.3 is 5.11 Å². The van der Waals surface area contributed by atoms with E-state index in [1.54, 1.807) is 6.08 Å². The van der Waals surface area contributed by atoms with Crippen molar-refractivity contribution in [2.24, 2.45) is 11.3 Å². The van der Waals surface area contributed by atoms with Crippen LogP contribution in [0.25, 0.3) is 0 Å². The highest BCUT2D eigenvalue weighted by Gasteiger charge is 2.39. The molecule has 1 nitrogen and oxygen atoms in total. The Balaban J connectivity index is 2.74. The van der Waals surface area contributed by atoms with Gasteiger partial charge in [-0.2, -0.15) is 0 Å². The zero-order valence-electron chi connectivity index (χ0n) is 8.93. The Hall–Kier alpha value is -0.440. The van der Waals surface area contributed by atoms with E-state index in [1.807, 2.05) is 0 Å². The molecule has 1 aliphatic carbocycles. The summed E-state index contributed by atoms with van der Waals surface area (Å²) >= 11 is 0. The number of halogens is 2. The summed E-state index contributed by atoms with van der Waals surface area (Å²) in [4.78, 5) is 0. The second-order valence-corrected chi connectivity index (χ2v) is 5.16. The van der Waals surface area contributed by atoms with Crippen LogP contribution in [-0.4, -0.2) is 17.1 Å². The molecule has 0 radical (unpaired) electrons. The van der Waals surface area contributed by atoms with Gasteiger partial charge in [-0.25, -0.2) is 8.78 Å². The molecule has 0 fully saturated rings. The van der Waals surface area contributed by atoms with E-state index in [0.29, 0.717) is 6.42 Å². The molecule has 0 aromatic rings. The lowest BCUT2D eigenvalue weighted by Gasteiger charge is -2.36. The second-order valence-electron chi connectivity index (χ2n) is 5.16. The standard InChI is InChI=1S/C11H18F2O/c1-10(2,3)8-4-6-11(14,7-5-8)9(12)13/h4,6,8-9,14H,5,7H2,1-3H3. The van der Waals surface area contributed by atoms with Crippen molar-refractivity contribution >= 4 is 0 Å². The van der Waals surface area contributed by atoms with Crippen LogP contribution in [0.2, 0.25) is 0 Å². The maximum Gasteiger partial charge on any atom is 0.270 e. The fourth-order valence-electron chi connectivity index (χ4n) is 1.75. The van der Waals surface area contributed by atoms with E-state index in [0.717, 1.165) is 0 Å². The Morgan fingerprint density at radius 2 is 2.00 bits per heavy atom. The molecule has 0 aliphatic heterocycles. The quantitative estimate of drug-likeness (QED) is 0.651. The third-order valence-electron chi connectivity index (χ3n) is 2.96. The Labute approximate surface area is 83.8 Å². The normalized spacial score (nSPS) is 33.8. The number of aliphatic hydroxyl groups is 1. The van der Waals surface area contributed by atoms with Crippen molar-refractivity contribution in [3.63, 3.8) is 0 Å². The summed E-state index contributed by atoms with van der Waals surface area (Å²) in [7, 11) is 0. The highest BCUT2D eigenvalue weighted by Crippen LogP contribution is 2.38. The number of rotatable bonds is 1. The summed E-state index contributed by atoms with van der Waals surface area (Å²) in [5.41, 5.74) is -1.80. The molecule has 2 atom stereocenters. The Kier molecular flexibility index (Phi) is 3.00. The molecule has 0 saturated carbocycles. The molecular weight excluding hydrogens is 186 g/mol. The summed E-state index contributed by atoms with van der Waals surface area (Å²) in [6.07, 6.45) is 1.11.